The van der Waals surface area contributed by atoms with Gasteiger partial charge in [-0.15, -0.1) is 0 Å². The third-order valence-corrected chi connectivity index (χ3v) is 7.28. The maximum atomic E-state index is 13.4. The van der Waals surface area contributed by atoms with Crippen molar-refractivity contribution < 1.29 is 32.3 Å². The topological polar surface area (TPSA) is 112 Å². The van der Waals surface area contributed by atoms with Crippen molar-refractivity contribution in [1.29, 1.82) is 5.26 Å². The number of rotatable bonds is 5. The number of fused-ring (bicyclic) bond motifs is 1. The monoisotopic (exact) mass is 472 g/mol. The van der Waals surface area contributed by atoms with Gasteiger partial charge < -0.3 is 20.3 Å². The quantitative estimate of drug-likeness (QED) is 0.632. The first-order chi connectivity index (χ1) is 15.1. The van der Waals surface area contributed by atoms with E-state index in [9.17, 15) is 32.8 Å². The molecule has 0 spiro atoms. The van der Waals surface area contributed by atoms with Crippen LogP contribution in [0.4, 0.5) is 13.2 Å². The third kappa shape index (κ3) is 4.81. The van der Waals surface area contributed by atoms with Crippen molar-refractivity contribution in [1.82, 2.24) is 15.5 Å². The molecule has 0 aromatic carbocycles. The van der Waals surface area contributed by atoms with Crippen LogP contribution in [0.1, 0.15) is 41.0 Å². The fourth-order valence-electron chi connectivity index (χ4n) is 5.15. The Labute approximate surface area is 191 Å². The molecule has 0 bridgehead atoms. The van der Waals surface area contributed by atoms with Crippen molar-refractivity contribution in [3.05, 3.63) is 0 Å². The molecule has 6 atom stereocenters. The summed E-state index contributed by atoms with van der Waals surface area (Å²) in [6, 6.07) is -1.11. The molecule has 3 fully saturated rings. The first kappa shape index (κ1) is 25.3. The number of likely N-dealkylation sites (tertiary alicyclic amines) is 1. The van der Waals surface area contributed by atoms with Gasteiger partial charge in [0.1, 0.15) is 18.1 Å². The van der Waals surface area contributed by atoms with E-state index in [-0.39, 0.29) is 29.7 Å². The maximum absolute atomic E-state index is 13.4. The highest BCUT2D eigenvalue weighted by atomic mass is 19.4. The standard InChI is InChI=1S/C22H31F3N4O4/c1-20(2,3)16(28-19(32)22(23,24)25)18(31)29-9-12-14(21(12,4)5)15(29)17(30)27-13(8-26)11-6-7-33-10-11/h11-16H,6-7,9-10H2,1-5H3,(H,27,30)(H,28,32)/t11?,12-,13?,14-,15-,16+/m0/s1. The first-order valence-electron chi connectivity index (χ1n) is 11.1. The number of piperidine rings is 1. The van der Waals surface area contributed by atoms with Crippen molar-refractivity contribution in [2.24, 2.45) is 28.6 Å². The fraction of sp³-hybridized carbons (Fsp3) is 0.818. The zero-order valence-electron chi connectivity index (χ0n) is 19.5. The predicted octanol–water partition coefficient (Wildman–Crippen LogP) is 1.61. The van der Waals surface area contributed by atoms with Gasteiger partial charge in [-0.05, 0) is 29.1 Å². The van der Waals surface area contributed by atoms with Gasteiger partial charge in [-0.3, -0.25) is 14.4 Å². The molecule has 0 radical (unpaired) electrons. The molecule has 184 valence electrons. The van der Waals surface area contributed by atoms with Crippen LogP contribution in [0.5, 0.6) is 0 Å². The average Bonchev–Trinajstić information content (AvgIpc) is 3.15. The minimum Gasteiger partial charge on any atom is -0.381 e. The lowest BCUT2D eigenvalue weighted by molar-refractivity contribution is -0.176. The molecule has 33 heavy (non-hydrogen) atoms. The molecule has 1 aliphatic carbocycles. The van der Waals surface area contributed by atoms with Gasteiger partial charge in [0.2, 0.25) is 11.8 Å². The SMILES string of the molecule is CC(C)(C)[C@H](NC(=O)C(F)(F)F)C(=O)N1C[C@H]2[C@@H]([C@H]1C(=O)NC(C#N)C1CCOC1)C2(C)C. The largest absolute Gasteiger partial charge is 0.471 e. The summed E-state index contributed by atoms with van der Waals surface area (Å²) in [6.45, 7) is 9.64. The van der Waals surface area contributed by atoms with E-state index >= 15 is 0 Å². The number of halogens is 3. The van der Waals surface area contributed by atoms with Gasteiger partial charge in [-0.1, -0.05) is 34.6 Å². The molecule has 0 aromatic heterocycles. The molecule has 3 aliphatic rings. The Morgan fingerprint density at radius 3 is 2.30 bits per heavy atom. The van der Waals surface area contributed by atoms with Crippen LogP contribution in [0.15, 0.2) is 0 Å². The summed E-state index contributed by atoms with van der Waals surface area (Å²) in [4.78, 5) is 39.6. The smallest absolute Gasteiger partial charge is 0.381 e. The summed E-state index contributed by atoms with van der Waals surface area (Å²) in [7, 11) is 0. The third-order valence-electron chi connectivity index (χ3n) is 7.28. The van der Waals surface area contributed by atoms with Gasteiger partial charge >= 0.3 is 12.1 Å². The average molecular weight is 473 g/mol. The Hall–Kier alpha value is -2.35. The number of carbonyl (C=O) groups is 3. The maximum Gasteiger partial charge on any atom is 0.471 e. The van der Waals surface area contributed by atoms with Gasteiger partial charge in [0.15, 0.2) is 0 Å². The summed E-state index contributed by atoms with van der Waals surface area (Å²) in [5.74, 6) is -3.78. The Balaban J connectivity index is 1.84. The second kappa shape index (κ2) is 8.46. The van der Waals surface area contributed by atoms with E-state index in [1.165, 1.54) is 4.90 Å². The number of ether oxygens (including phenoxy) is 1. The van der Waals surface area contributed by atoms with Crippen LogP contribution in [-0.2, 0) is 19.1 Å². The normalized spacial score (nSPS) is 30.1. The lowest BCUT2D eigenvalue weighted by Crippen LogP contribution is -2.61. The minimum absolute atomic E-state index is 0.00601. The number of nitrogens with zero attached hydrogens (tertiary/aromatic N) is 2. The Morgan fingerprint density at radius 2 is 1.82 bits per heavy atom. The minimum atomic E-state index is -5.14. The first-order valence-corrected chi connectivity index (χ1v) is 11.1. The van der Waals surface area contributed by atoms with Crippen LogP contribution in [0, 0.1) is 39.9 Å². The predicted molar refractivity (Wildman–Crippen MR) is 110 cm³/mol. The summed E-state index contributed by atoms with van der Waals surface area (Å²) in [5, 5.41) is 14.1. The molecule has 11 heteroatoms. The zero-order chi connectivity index (χ0) is 24.9. The van der Waals surface area contributed by atoms with E-state index in [1.54, 1.807) is 20.8 Å². The number of nitriles is 1. The number of hydrogen-bond donors (Lipinski definition) is 2. The Kier molecular flexibility index (Phi) is 6.48. The van der Waals surface area contributed by atoms with E-state index in [1.807, 2.05) is 19.2 Å². The summed E-state index contributed by atoms with van der Waals surface area (Å²) in [6.07, 6.45) is -4.52. The van der Waals surface area contributed by atoms with E-state index in [0.717, 1.165) is 0 Å². The number of amides is 3. The highest BCUT2D eigenvalue weighted by Crippen LogP contribution is 2.65. The van der Waals surface area contributed by atoms with E-state index in [4.69, 9.17) is 4.74 Å². The molecule has 2 N–H and O–H groups in total. The van der Waals surface area contributed by atoms with Crippen LogP contribution in [0.25, 0.3) is 0 Å². The fourth-order valence-corrected chi connectivity index (χ4v) is 5.15. The molecule has 3 rings (SSSR count). The molecule has 8 nitrogen and oxygen atoms in total. The lowest BCUT2D eigenvalue weighted by Gasteiger charge is -2.38. The molecule has 2 aliphatic heterocycles. The molecular formula is C22H31F3N4O4. The zero-order valence-corrected chi connectivity index (χ0v) is 19.5. The van der Waals surface area contributed by atoms with Gasteiger partial charge in [0, 0.05) is 19.1 Å². The Morgan fingerprint density at radius 1 is 1.18 bits per heavy atom. The van der Waals surface area contributed by atoms with Crippen molar-refractivity contribution in [2.45, 2.75) is 65.3 Å². The van der Waals surface area contributed by atoms with Crippen LogP contribution in [0.3, 0.4) is 0 Å². The second-order valence-electron chi connectivity index (χ2n) is 10.9. The summed E-state index contributed by atoms with van der Waals surface area (Å²) in [5.41, 5.74) is -1.25. The number of alkyl halides is 3. The molecule has 0 aromatic rings. The van der Waals surface area contributed by atoms with Crippen molar-refractivity contribution in [2.75, 3.05) is 19.8 Å². The van der Waals surface area contributed by atoms with E-state index < -0.39 is 47.4 Å². The van der Waals surface area contributed by atoms with Gasteiger partial charge in [0.25, 0.3) is 0 Å². The number of hydrogen-bond acceptors (Lipinski definition) is 5. The summed E-state index contributed by atoms with van der Waals surface area (Å²) < 4.78 is 44.0. The highest BCUT2D eigenvalue weighted by Gasteiger charge is 2.70. The molecule has 3 amide bonds. The van der Waals surface area contributed by atoms with Crippen molar-refractivity contribution >= 4 is 17.7 Å². The molecule has 2 saturated heterocycles. The van der Waals surface area contributed by atoms with E-state index in [0.29, 0.717) is 19.6 Å². The molecule has 2 heterocycles. The lowest BCUT2D eigenvalue weighted by atomic mass is 9.85. The second-order valence-corrected chi connectivity index (χ2v) is 10.9. The molecule has 1 saturated carbocycles. The van der Waals surface area contributed by atoms with Gasteiger partial charge in [-0.2, -0.15) is 18.4 Å². The van der Waals surface area contributed by atoms with Crippen LogP contribution < -0.4 is 10.6 Å². The number of nitrogens with one attached hydrogen (secondary N) is 2. The molecular weight excluding hydrogens is 441 g/mol. The van der Waals surface area contributed by atoms with Gasteiger partial charge in [-0.25, -0.2) is 0 Å². The van der Waals surface area contributed by atoms with Crippen molar-refractivity contribution in [3.8, 4) is 6.07 Å². The van der Waals surface area contributed by atoms with Crippen LogP contribution in [-0.4, -0.2) is 66.7 Å². The number of carbonyl (C=O) groups excluding carboxylic acids is 3. The van der Waals surface area contributed by atoms with Crippen molar-refractivity contribution in [3.63, 3.8) is 0 Å². The highest BCUT2D eigenvalue weighted by molar-refractivity contribution is 5.95. The van der Waals surface area contributed by atoms with Crippen LogP contribution in [0.2, 0.25) is 0 Å². The van der Waals surface area contributed by atoms with Gasteiger partial charge in [0.05, 0.1) is 12.7 Å². The van der Waals surface area contributed by atoms with E-state index in [2.05, 4.69) is 11.4 Å². The summed E-state index contributed by atoms with van der Waals surface area (Å²) >= 11 is 0. The van der Waals surface area contributed by atoms with Crippen LogP contribution >= 0.6 is 0 Å². The molecule has 2 unspecified atom stereocenters. The Bertz CT molecular complexity index is 855.